The lowest BCUT2D eigenvalue weighted by molar-refractivity contribution is 0.0606. The molecule has 0 spiro atoms. The molecule has 1 aromatic heterocycles. The van der Waals surface area contributed by atoms with Crippen LogP contribution in [0.4, 0.5) is 5.13 Å². The van der Waals surface area contributed by atoms with Gasteiger partial charge >= 0.3 is 5.97 Å². The third kappa shape index (κ3) is 3.17. The molecule has 4 nitrogen and oxygen atoms in total. The van der Waals surface area contributed by atoms with Crippen molar-refractivity contribution in [2.24, 2.45) is 0 Å². The standard InChI is InChI=1S/C12H18N2O2S2/c1-12(2)4-5-14(6-7-17-12)11-13-8-9(18-11)10(15)16-3/h8H,4-7H2,1-3H3. The average Bonchev–Trinajstić information content (AvgIpc) is 2.74. The number of methoxy groups -OCH3 is 1. The van der Waals surface area contributed by atoms with Crippen LogP contribution in [-0.2, 0) is 4.74 Å². The maximum absolute atomic E-state index is 11.4. The smallest absolute Gasteiger partial charge is 0.349 e. The van der Waals surface area contributed by atoms with E-state index >= 15 is 0 Å². The van der Waals surface area contributed by atoms with E-state index in [0.717, 1.165) is 30.4 Å². The molecular weight excluding hydrogens is 268 g/mol. The highest BCUT2D eigenvalue weighted by Crippen LogP contribution is 2.33. The largest absolute Gasteiger partial charge is 0.465 e. The second-order valence-electron chi connectivity index (χ2n) is 4.84. The summed E-state index contributed by atoms with van der Waals surface area (Å²) in [5, 5.41) is 0.925. The minimum absolute atomic E-state index is 0.303. The molecule has 0 saturated carbocycles. The number of carbonyl (C=O) groups is 1. The summed E-state index contributed by atoms with van der Waals surface area (Å²) in [6.45, 7) is 6.54. The van der Waals surface area contributed by atoms with Gasteiger partial charge < -0.3 is 9.64 Å². The van der Waals surface area contributed by atoms with Crippen LogP contribution < -0.4 is 4.90 Å². The molecule has 0 unspecified atom stereocenters. The molecule has 0 N–H and O–H groups in total. The van der Waals surface area contributed by atoms with E-state index in [1.54, 1.807) is 6.20 Å². The van der Waals surface area contributed by atoms with Crippen molar-refractivity contribution in [3.63, 3.8) is 0 Å². The first-order valence-electron chi connectivity index (χ1n) is 5.95. The predicted molar refractivity (Wildman–Crippen MR) is 76.8 cm³/mol. The monoisotopic (exact) mass is 286 g/mol. The van der Waals surface area contributed by atoms with E-state index in [0.29, 0.717) is 9.62 Å². The summed E-state index contributed by atoms with van der Waals surface area (Å²) in [6, 6.07) is 0. The zero-order valence-corrected chi connectivity index (χ0v) is 12.6. The molecule has 0 aromatic carbocycles. The Balaban J connectivity index is 2.07. The summed E-state index contributed by atoms with van der Waals surface area (Å²) < 4.78 is 5.03. The van der Waals surface area contributed by atoms with Gasteiger partial charge in [-0.25, -0.2) is 9.78 Å². The lowest BCUT2D eigenvalue weighted by atomic mass is 10.1. The summed E-state index contributed by atoms with van der Waals surface area (Å²) in [6.07, 6.45) is 2.74. The van der Waals surface area contributed by atoms with Gasteiger partial charge in [-0.15, -0.1) is 0 Å². The summed E-state index contributed by atoms with van der Waals surface area (Å²) in [4.78, 5) is 18.6. The molecule has 1 fully saturated rings. The normalized spacial score (nSPS) is 19.4. The van der Waals surface area contributed by atoms with Gasteiger partial charge in [-0.1, -0.05) is 25.2 Å². The molecule has 1 aliphatic rings. The summed E-state index contributed by atoms with van der Waals surface area (Å²) in [7, 11) is 1.40. The molecule has 1 aliphatic heterocycles. The van der Waals surface area contributed by atoms with Crippen LogP contribution in [0.2, 0.25) is 0 Å². The van der Waals surface area contributed by atoms with Crippen molar-refractivity contribution < 1.29 is 9.53 Å². The first-order valence-corrected chi connectivity index (χ1v) is 7.75. The molecule has 0 atom stereocenters. The van der Waals surface area contributed by atoms with Gasteiger partial charge in [0.2, 0.25) is 0 Å². The number of hydrogen-bond acceptors (Lipinski definition) is 6. The molecule has 100 valence electrons. The van der Waals surface area contributed by atoms with E-state index in [1.165, 1.54) is 18.4 Å². The van der Waals surface area contributed by atoms with Gasteiger partial charge in [0.25, 0.3) is 0 Å². The third-order valence-corrected chi connectivity index (χ3v) is 5.40. The molecule has 2 rings (SSSR count). The van der Waals surface area contributed by atoms with Crippen LogP contribution in [0.1, 0.15) is 29.9 Å². The predicted octanol–water partition coefficient (Wildman–Crippen LogP) is 2.65. The molecule has 0 bridgehead atoms. The highest BCUT2D eigenvalue weighted by atomic mass is 32.2. The van der Waals surface area contributed by atoms with Gasteiger partial charge in [0.05, 0.1) is 13.3 Å². The third-order valence-electron chi connectivity index (χ3n) is 2.99. The summed E-state index contributed by atoms with van der Waals surface area (Å²) in [5.74, 6) is 0.795. The van der Waals surface area contributed by atoms with Crippen molar-refractivity contribution in [2.45, 2.75) is 25.0 Å². The first kappa shape index (κ1) is 13.7. The van der Waals surface area contributed by atoms with Crippen molar-refractivity contribution >= 4 is 34.2 Å². The van der Waals surface area contributed by atoms with Gasteiger partial charge in [0.1, 0.15) is 4.88 Å². The number of thioether (sulfide) groups is 1. The molecule has 0 radical (unpaired) electrons. The first-order chi connectivity index (χ1) is 8.52. The quantitative estimate of drug-likeness (QED) is 0.782. The maximum atomic E-state index is 11.4. The van der Waals surface area contributed by atoms with Crippen LogP contribution in [0.25, 0.3) is 0 Å². The topological polar surface area (TPSA) is 42.4 Å². The van der Waals surface area contributed by atoms with Gasteiger partial charge in [0.15, 0.2) is 5.13 Å². The van der Waals surface area contributed by atoms with Crippen LogP contribution in [0.15, 0.2) is 6.20 Å². The Labute approximate surface area is 116 Å². The van der Waals surface area contributed by atoms with E-state index in [1.807, 2.05) is 11.8 Å². The van der Waals surface area contributed by atoms with E-state index in [4.69, 9.17) is 4.74 Å². The van der Waals surface area contributed by atoms with Crippen LogP contribution in [0.5, 0.6) is 0 Å². The zero-order chi connectivity index (χ0) is 13.2. The van der Waals surface area contributed by atoms with Crippen molar-refractivity contribution in [3.8, 4) is 0 Å². The van der Waals surface area contributed by atoms with E-state index < -0.39 is 0 Å². The molecule has 1 aromatic rings. The Kier molecular flexibility index (Phi) is 4.17. The summed E-state index contributed by atoms with van der Waals surface area (Å²) in [5.41, 5.74) is 0. The van der Waals surface area contributed by atoms with E-state index in [9.17, 15) is 4.79 Å². The number of anilines is 1. The Morgan fingerprint density at radius 1 is 1.50 bits per heavy atom. The van der Waals surface area contributed by atoms with Gasteiger partial charge in [-0.3, -0.25) is 0 Å². The fourth-order valence-electron chi connectivity index (χ4n) is 1.82. The molecular formula is C12H18N2O2S2. The van der Waals surface area contributed by atoms with Gasteiger partial charge in [0, 0.05) is 23.6 Å². The second kappa shape index (κ2) is 5.48. The van der Waals surface area contributed by atoms with Gasteiger partial charge in [-0.05, 0) is 6.42 Å². The molecule has 0 aliphatic carbocycles. The van der Waals surface area contributed by atoms with Crippen LogP contribution in [-0.4, -0.2) is 41.7 Å². The number of carbonyl (C=O) groups excluding carboxylic acids is 1. The molecule has 0 amide bonds. The van der Waals surface area contributed by atoms with Crippen molar-refractivity contribution in [1.82, 2.24) is 4.98 Å². The Morgan fingerprint density at radius 2 is 2.28 bits per heavy atom. The lowest BCUT2D eigenvalue weighted by Gasteiger charge is -2.22. The van der Waals surface area contributed by atoms with E-state index in [2.05, 4.69) is 23.7 Å². The number of hydrogen-bond donors (Lipinski definition) is 0. The van der Waals surface area contributed by atoms with E-state index in [-0.39, 0.29) is 5.97 Å². The Morgan fingerprint density at radius 3 is 3.00 bits per heavy atom. The summed E-state index contributed by atoms with van der Waals surface area (Å²) >= 11 is 3.41. The number of esters is 1. The minimum atomic E-state index is -0.303. The average molecular weight is 286 g/mol. The highest BCUT2D eigenvalue weighted by Gasteiger charge is 2.25. The van der Waals surface area contributed by atoms with Gasteiger partial charge in [-0.2, -0.15) is 11.8 Å². The molecule has 18 heavy (non-hydrogen) atoms. The van der Waals surface area contributed by atoms with Crippen LogP contribution >= 0.6 is 23.1 Å². The Hall–Kier alpha value is -0.750. The molecule has 2 heterocycles. The SMILES string of the molecule is COC(=O)c1cnc(N2CCSC(C)(C)CC2)s1. The van der Waals surface area contributed by atoms with Crippen molar-refractivity contribution in [2.75, 3.05) is 30.9 Å². The number of rotatable bonds is 2. The molecule has 6 heteroatoms. The number of ether oxygens (including phenoxy) is 1. The zero-order valence-electron chi connectivity index (χ0n) is 10.9. The number of thiazole rings is 1. The number of nitrogens with zero attached hydrogens (tertiary/aromatic N) is 2. The van der Waals surface area contributed by atoms with Crippen molar-refractivity contribution in [3.05, 3.63) is 11.1 Å². The highest BCUT2D eigenvalue weighted by molar-refractivity contribution is 8.00. The fourth-order valence-corrected chi connectivity index (χ4v) is 3.80. The van der Waals surface area contributed by atoms with Crippen LogP contribution in [0, 0.1) is 0 Å². The second-order valence-corrected chi connectivity index (χ2v) is 7.66. The van der Waals surface area contributed by atoms with Crippen LogP contribution in [0.3, 0.4) is 0 Å². The Bertz CT molecular complexity index is 431. The van der Waals surface area contributed by atoms with Crippen molar-refractivity contribution in [1.29, 1.82) is 0 Å². The fraction of sp³-hybridized carbons (Fsp3) is 0.667. The minimum Gasteiger partial charge on any atom is -0.465 e. The number of aromatic nitrogens is 1. The maximum Gasteiger partial charge on any atom is 0.349 e. The lowest BCUT2D eigenvalue weighted by Crippen LogP contribution is -2.26. The molecule has 1 saturated heterocycles.